The molecule has 1 saturated heterocycles. The monoisotopic (exact) mass is 285 g/mol. The molecule has 7 nitrogen and oxygen atoms in total. The van der Waals surface area contributed by atoms with Crippen molar-refractivity contribution in [3.63, 3.8) is 0 Å². The topological polar surface area (TPSA) is 98.7 Å². The van der Waals surface area contributed by atoms with Crippen LogP contribution in [0.15, 0.2) is 0 Å². The van der Waals surface area contributed by atoms with Crippen molar-refractivity contribution in [3.8, 4) is 0 Å². The van der Waals surface area contributed by atoms with Crippen molar-refractivity contribution in [1.29, 1.82) is 0 Å². The van der Waals surface area contributed by atoms with Gasteiger partial charge in [-0.05, 0) is 12.8 Å². The minimum absolute atomic E-state index is 0.101. The number of urea groups is 1. The van der Waals surface area contributed by atoms with Gasteiger partial charge >= 0.3 is 12.0 Å². The molecule has 3 amide bonds. The van der Waals surface area contributed by atoms with E-state index < -0.39 is 18.1 Å². The Balaban J connectivity index is 2.66. The molecule has 0 bridgehead atoms. The van der Waals surface area contributed by atoms with Crippen molar-refractivity contribution < 1.29 is 19.5 Å². The largest absolute Gasteiger partial charge is 0.481 e. The number of carbonyl (C=O) groups is 3. The van der Waals surface area contributed by atoms with Crippen LogP contribution in [0.2, 0.25) is 0 Å². The Morgan fingerprint density at radius 3 is 2.75 bits per heavy atom. The van der Waals surface area contributed by atoms with Crippen LogP contribution in [0, 0.1) is 0 Å². The Bertz CT molecular complexity index is 373. The zero-order valence-electron chi connectivity index (χ0n) is 12.0. The van der Waals surface area contributed by atoms with Gasteiger partial charge in [0.25, 0.3) is 0 Å². The number of carboxylic acid groups (broad SMARTS) is 1. The van der Waals surface area contributed by atoms with Crippen molar-refractivity contribution >= 4 is 17.9 Å². The minimum Gasteiger partial charge on any atom is -0.481 e. The number of hydrogen-bond acceptors (Lipinski definition) is 3. The molecule has 1 aliphatic heterocycles. The van der Waals surface area contributed by atoms with Gasteiger partial charge in [0.1, 0.15) is 6.04 Å². The number of piperazine rings is 1. The standard InChI is InChI=1S/C13H23N3O4/c1-3-5-9(8-11(17)18)15-13(20)16-7-6-14-12(19)10(16)4-2/h9-10H,3-8H2,1-2H3,(H,14,19)(H,15,20)(H,17,18). The third kappa shape index (κ3) is 4.40. The van der Waals surface area contributed by atoms with Gasteiger partial charge in [-0.1, -0.05) is 20.3 Å². The summed E-state index contributed by atoms with van der Waals surface area (Å²) in [6, 6.07) is -1.23. The molecule has 1 rings (SSSR count). The summed E-state index contributed by atoms with van der Waals surface area (Å²) in [5.41, 5.74) is 0. The maximum atomic E-state index is 12.2. The third-order valence-electron chi connectivity index (χ3n) is 3.36. The van der Waals surface area contributed by atoms with Crippen molar-refractivity contribution in [3.05, 3.63) is 0 Å². The molecule has 1 fully saturated rings. The summed E-state index contributed by atoms with van der Waals surface area (Å²) in [5.74, 6) is -1.09. The smallest absolute Gasteiger partial charge is 0.318 e. The van der Waals surface area contributed by atoms with Gasteiger partial charge < -0.3 is 20.6 Å². The lowest BCUT2D eigenvalue weighted by atomic mass is 10.1. The molecule has 1 heterocycles. The molecular weight excluding hydrogens is 262 g/mol. The van der Waals surface area contributed by atoms with Crippen molar-refractivity contribution in [2.75, 3.05) is 13.1 Å². The van der Waals surface area contributed by atoms with Crippen LogP contribution in [0.4, 0.5) is 4.79 Å². The van der Waals surface area contributed by atoms with Gasteiger partial charge in [-0.2, -0.15) is 0 Å². The summed E-state index contributed by atoms with van der Waals surface area (Å²) in [6.07, 6.45) is 1.83. The van der Waals surface area contributed by atoms with E-state index in [2.05, 4.69) is 10.6 Å². The molecule has 0 aliphatic carbocycles. The van der Waals surface area contributed by atoms with Gasteiger partial charge in [0.05, 0.1) is 6.42 Å². The molecule has 7 heteroatoms. The number of nitrogens with zero attached hydrogens (tertiary/aromatic N) is 1. The minimum atomic E-state index is -0.938. The number of aliphatic carboxylic acids is 1. The van der Waals surface area contributed by atoms with Crippen LogP contribution < -0.4 is 10.6 Å². The van der Waals surface area contributed by atoms with Gasteiger partial charge in [0, 0.05) is 19.1 Å². The molecule has 0 spiro atoms. The first kappa shape index (κ1) is 16.3. The Kier molecular flexibility index (Phi) is 6.27. The second-order valence-corrected chi connectivity index (χ2v) is 4.94. The Hall–Kier alpha value is -1.79. The molecule has 20 heavy (non-hydrogen) atoms. The summed E-state index contributed by atoms with van der Waals surface area (Å²) in [7, 11) is 0. The molecule has 1 aliphatic rings. The summed E-state index contributed by atoms with van der Waals surface area (Å²) in [4.78, 5) is 36.2. The maximum absolute atomic E-state index is 12.2. The van der Waals surface area contributed by atoms with E-state index in [0.717, 1.165) is 6.42 Å². The van der Waals surface area contributed by atoms with E-state index in [0.29, 0.717) is 25.9 Å². The Morgan fingerprint density at radius 1 is 1.50 bits per heavy atom. The number of hydrogen-bond donors (Lipinski definition) is 3. The van der Waals surface area contributed by atoms with E-state index in [-0.39, 0.29) is 18.4 Å². The zero-order chi connectivity index (χ0) is 15.1. The molecule has 3 N–H and O–H groups in total. The highest BCUT2D eigenvalue weighted by atomic mass is 16.4. The third-order valence-corrected chi connectivity index (χ3v) is 3.36. The first-order valence-corrected chi connectivity index (χ1v) is 7.06. The van der Waals surface area contributed by atoms with Gasteiger partial charge in [0.2, 0.25) is 5.91 Å². The second kappa shape index (κ2) is 7.72. The molecular formula is C13H23N3O4. The quantitative estimate of drug-likeness (QED) is 0.663. The van der Waals surface area contributed by atoms with Crippen LogP contribution in [0.1, 0.15) is 39.5 Å². The van der Waals surface area contributed by atoms with E-state index in [1.54, 1.807) is 0 Å². The van der Waals surface area contributed by atoms with Crippen molar-refractivity contribution in [1.82, 2.24) is 15.5 Å². The average Bonchev–Trinajstić information content (AvgIpc) is 2.37. The van der Waals surface area contributed by atoms with Crippen LogP contribution >= 0.6 is 0 Å². The molecule has 2 unspecified atom stereocenters. The molecule has 0 radical (unpaired) electrons. The highest BCUT2D eigenvalue weighted by molar-refractivity contribution is 5.88. The number of carbonyl (C=O) groups excluding carboxylic acids is 2. The van der Waals surface area contributed by atoms with E-state index in [4.69, 9.17) is 5.11 Å². The predicted molar refractivity (Wildman–Crippen MR) is 73.3 cm³/mol. The maximum Gasteiger partial charge on any atom is 0.318 e. The molecule has 0 aromatic heterocycles. The Morgan fingerprint density at radius 2 is 2.20 bits per heavy atom. The lowest BCUT2D eigenvalue weighted by molar-refractivity contribution is -0.137. The lowest BCUT2D eigenvalue weighted by Gasteiger charge is -2.35. The highest BCUT2D eigenvalue weighted by Gasteiger charge is 2.32. The first-order chi connectivity index (χ1) is 9.49. The van der Waals surface area contributed by atoms with Crippen LogP contribution in [0.3, 0.4) is 0 Å². The van der Waals surface area contributed by atoms with Crippen molar-refractivity contribution in [2.45, 2.75) is 51.6 Å². The van der Waals surface area contributed by atoms with Crippen molar-refractivity contribution in [2.24, 2.45) is 0 Å². The van der Waals surface area contributed by atoms with Crippen LogP contribution in [-0.2, 0) is 9.59 Å². The van der Waals surface area contributed by atoms with Gasteiger partial charge in [-0.15, -0.1) is 0 Å². The molecule has 0 saturated carbocycles. The van der Waals surface area contributed by atoms with Gasteiger partial charge in [-0.3, -0.25) is 9.59 Å². The average molecular weight is 285 g/mol. The molecule has 0 aromatic rings. The van der Waals surface area contributed by atoms with Crippen LogP contribution in [0.5, 0.6) is 0 Å². The van der Waals surface area contributed by atoms with Crippen LogP contribution in [0.25, 0.3) is 0 Å². The molecule has 2 atom stereocenters. The second-order valence-electron chi connectivity index (χ2n) is 4.94. The van der Waals surface area contributed by atoms with E-state index >= 15 is 0 Å². The van der Waals surface area contributed by atoms with E-state index in [1.807, 2.05) is 13.8 Å². The summed E-state index contributed by atoms with van der Waals surface area (Å²) in [6.45, 7) is 4.66. The molecule has 0 aromatic carbocycles. The van der Waals surface area contributed by atoms with Gasteiger partial charge in [-0.25, -0.2) is 4.79 Å². The van der Waals surface area contributed by atoms with E-state index in [1.165, 1.54) is 4.90 Å². The lowest BCUT2D eigenvalue weighted by Crippen LogP contribution is -2.60. The van der Waals surface area contributed by atoms with Gasteiger partial charge in [0.15, 0.2) is 0 Å². The number of amides is 3. The van der Waals surface area contributed by atoms with Crippen LogP contribution in [-0.4, -0.2) is 53.1 Å². The number of carboxylic acids is 1. The number of nitrogens with one attached hydrogen (secondary N) is 2. The Labute approximate surface area is 118 Å². The predicted octanol–water partition coefficient (Wildman–Crippen LogP) is 0.550. The summed E-state index contributed by atoms with van der Waals surface area (Å²) in [5, 5.41) is 14.3. The fraction of sp³-hybridized carbons (Fsp3) is 0.769. The normalized spacial score (nSPS) is 20.2. The fourth-order valence-corrected chi connectivity index (χ4v) is 2.41. The first-order valence-electron chi connectivity index (χ1n) is 7.06. The highest BCUT2D eigenvalue weighted by Crippen LogP contribution is 2.10. The SMILES string of the molecule is CCCC(CC(=O)O)NC(=O)N1CCNC(=O)C1CC. The number of rotatable bonds is 6. The summed E-state index contributed by atoms with van der Waals surface area (Å²) >= 11 is 0. The molecule has 114 valence electrons. The fourth-order valence-electron chi connectivity index (χ4n) is 2.41. The summed E-state index contributed by atoms with van der Waals surface area (Å²) < 4.78 is 0. The zero-order valence-corrected chi connectivity index (χ0v) is 12.0. The van der Waals surface area contributed by atoms with E-state index in [9.17, 15) is 14.4 Å².